The summed E-state index contributed by atoms with van der Waals surface area (Å²) in [5.74, 6) is 1.48. The van der Waals surface area contributed by atoms with Crippen LogP contribution in [0.3, 0.4) is 0 Å². The molecule has 19 heavy (non-hydrogen) atoms. The van der Waals surface area contributed by atoms with Gasteiger partial charge in [-0.25, -0.2) is 0 Å². The molecule has 2 rings (SSSR count). The van der Waals surface area contributed by atoms with Gasteiger partial charge in [-0.2, -0.15) is 0 Å². The van der Waals surface area contributed by atoms with Gasteiger partial charge < -0.3 is 9.84 Å². The van der Waals surface area contributed by atoms with Crippen LogP contribution in [0, 0.1) is 5.92 Å². The molecule has 106 valence electrons. The molecule has 3 unspecified atom stereocenters. The highest BCUT2D eigenvalue weighted by atomic mass is 16.5. The van der Waals surface area contributed by atoms with E-state index in [-0.39, 0.29) is 6.04 Å². The van der Waals surface area contributed by atoms with Crippen molar-refractivity contribution in [2.24, 2.45) is 5.92 Å². The Kier molecular flexibility index (Phi) is 4.48. The maximum Gasteiger partial charge on any atom is 0.119 e. The van der Waals surface area contributed by atoms with Crippen LogP contribution in [0.4, 0.5) is 0 Å². The van der Waals surface area contributed by atoms with Gasteiger partial charge >= 0.3 is 0 Å². The Morgan fingerprint density at radius 3 is 2.84 bits per heavy atom. The van der Waals surface area contributed by atoms with Gasteiger partial charge in [0.05, 0.1) is 13.2 Å². The number of fused-ring (bicyclic) bond motifs is 1. The van der Waals surface area contributed by atoms with Gasteiger partial charge in [-0.05, 0) is 42.6 Å². The van der Waals surface area contributed by atoms with Crippen LogP contribution < -0.4 is 4.74 Å². The highest BCUT2D eigenvalue weighted by Crippen LogP contribution is 2.36. The van der Waals surface area contributed by atoms with Crippen LogP contribution in [-0.4, -0.2) is 36.8 Å². The van der Waals surface area contributed by atoms with E-state index in [1.165, 1.54) is 12.0 Å². The second kappa shape index (κ2) is 5.93. The van der Waals surface area contributed by atoms with Crippen molar-refractivity contribution in [1.82, 2.24) is 4.90 Å². The van der Waals surface area contributed by atoms with Gasteiger partial charge in [-0.15, -0.1) is 0 Å². The highest BCUT2D eigenvalue weighted by Gasteiger charge is 2.34. The monoisotopic (exact) mass is 263 g/mol. The van der Waals surface area contributed by atoms with Gasteiger partial charge in [0.2, 0.25) is 0 Å². The number of aliphatic hydroxyl groups is 1. The molecule has 3 heteroatoms. The molecule has 0 bridgehead atoms. The zero-order valence-electron chi connectivity index (χ0n) is 12.4. The molecule has 3 atom stereocenters. The van der Waals surface area contributed by atoms with Crippen molar-refractivity contribution in [2.75, 3.05) is 20.7 Å². The first-order chi connectivity index (χ1) is 9.06. The highest BCUT2D eigenvalue weighted by molar-refractivity contribution is 5.41. The van der Waals surface area contributed by atoms with Gasteiger partial charge in [0.25, 0.3) is 0 Å². The van der Waals surface area contributed by atoms with Crippen molar-refractivity contribution in [3.05, 3.63) is 29.3 Å². The predicted molar refractivity (Wildman–Crippen MR) is 77.5 cm³/mol. The van der Waals surface area contributed by atoms with E-state index in [1.54, 1.807) is 7.11 Å². The molecule has 0 heterocycles. The fourth-order valence-electron chi connectivity index (χ4n) is 2.86. The van der Waals surface area contributed by atoms with Gasteiger partial charge in [0.15, 0.2) is 0 Å². The Hall–Kier alpha value is -1.06. The summed E-state index contributed by atoms with van der Waals surface area (Å²) in [5, 5.41) is 10.5. The second-order valence-corrected chi connectivity index (χ2v) is 5.73. The number of benzene rings is 1. The van der Waals surface area contributed by atoms with E-state index in [0.29, 0.717) is 5.92 Å². The number of hydrogen-bond donors (Lipinski definition) is 1. The van der Waals surface area contributed by atoms with Crippen molar-refractivity contribution in [3.8, 4) is 5.75 Å². The molecule has 0 spiro atoms. The minimum atomic E-state index is -0.404. The van der Waals surface area contributed by atoms with Crippen LogP contribution in [-0.2, 0) is 6.42 Å². The van der Waals surface area contributed by atoms with Crippen LogP contribution in [0.2, 0.25) is 0 Å². The summed E-state index contributed by atoms with van der Waals surface area (Å²) in [4.78, 5) is 2.30. The SMILES string of the molecule is CCC(C)CN(C)C1Cc2ccc(OC)cc2C1O. The average Bonchev–Trinajstić information content (AvgIpc) is 2.75. The summed E-state index contributed by atoms with van der Waals surface area (Å²) >= 11 is 0. The van der Waals surface area contributed by atoms with Crippen LogP contribution in [0.1, 0.15) is 37.5 Å². The maximum atomic E-state index is 10.5. The van der Waals surface area contributed by atoms with E-state index in [4.69, 9.17) is 4.74 Å². The molecule has 1 aromatic carbocycles. The molecule has 0 radical (unpaired) electrons. The first-order valence-corrected chi connectivity index (χ1v) is 7.12. The Labute approximate surface area is 116 Å². The third-order valence-electron chi connectivity index (χ3n) is 4.33. The number of ether oxygens (including phenoxy) is 1. The Morgan fingerprint density at radius 2 is 2.21 bits per heavy atom. The normalized spacial score (nSPS) is 23.5. The van der Waals surface area contributed by atoms with Crippen molar-refractivity contribution in [2.45, 2.75) is 38.8 Å². The van der Waals surface area contributed by atoms with E-state index in [1.807, 2.05) is 12.1 Å². The molecule has 0 saturated heterocycles. The number of likely N-dealkylation sites (N-methyl/N-ethyl adjacent to an activating group) is 1. The molecule has 1 aliphatic carbocycles. The summed E-state index contributed by atoms with van der Waals surface area (Å²) < 4.78 is 5.24. The maximum absolute atomic E-state index is 10.5. The minimum Gasteiger partial charge on any atom is -0.497 e. The van der Waals surface area contributed by atoms with E-state index >= 15 is 0 Å². The van der Waals surface area contributed by atoms with E-state index in [9.17, 15) is 5.11 Å². The summed E-state index contributed by atoms with van der Waals surface area (Å²) in [6.07, 6.45) is 1.70. The standard InChI is InChI=1S/C16H25NO2/c1-5-11(2)10-17(3)15-8-12-6-7-13(19-4)9-14(12)16(15)18/h6-7,9,11,15-16,18H,5,8,10H2,1-4H3. The third kappa shape index (κ3) is 2.93. The number of nitrogens with zero attached hydrogens (tertiary/aromatic N) is 1. The Morgan fingerprint density at radius 1 is 1.47 bits per heavy atom. The molecule has 0 saturated carbocycles. The molecule has 1 aliphatic rings. The predicted octanol–water partition coefficient (Wildman–Crippen LogP) is 2.63. The lowest BCUT2D eigenvalue weighted by atomic mass is 10.1. The molecular weight excluding hydrogens is 238 g/mol. The molecular formula is C16H25NO2. The molecule has 1 aromatic rings. The van der Waals surface area contributed by atoms with Crippen molar-refractivity contribution < 1.29 is 9.84 Å². The third-order valence-corrected chi connectivity index (χ3v) is 4.33. The van der Waals surface area contributed by atoms with Crippen molar-refractivity contribution in [1.29, 1.82) is 0 Å². The van der Waals surface area contributed by atoms with Crippen LogP contribution in [0.15, 0.2) is 18.2 Å². The topological polar surface area (TPSA) is 32.7 Å². The molecule has 0 fully saturated rings. The van der Waals surface area contributed by atoms with E-state index in [0.717, 1.165) is 24.3 Å². The minimum absolute atomic E-state index is 0.191. The lowest BCUT2D eigenvalue weighted by Gasteiger charge is -2.29. The Bertz CT molecular complexity index is 433. The average molecular weight is 263 g/mol. The quantitative estimate of drug-likeness (QED) is 0.886. The van der Waals surface area contributed by atoms with Gasteiger partial charge in [-0.3, -0.25) is 4.90 Å². The number of aliphatic hydroxyl groups excluding tert-OH is 1. The molecule has 0 amide bonds. The zero-order valence-corrected chi connectivity index (χ0v) is 12.4. The van der Waals surface area contributed by atoms with Gasteiger partial charge in [0, 0.05) is 12.6 Å². The fraction of sp³-hybridized carbons (Fsp3) is 0.625. The van der Waals surface area contributed by atoms with Gasteiger partial charge in [-0.1, -0.05) is 26.3 Å². The lowest BCUT2D eigenvalue weighted by Crippen LogP contribution is -2.37. The second-order valence-electron chi connectivity index (χ2n) is 5.73. The Balaban J connectivity index is 2.12. The number of methoxy groups -OCH3 is 1. The number of hydrogen-bond acceptors (Lipinski definition) is 3. The molecule has 1 N–H and O–H groups in total. The molecule has 0 aromatic heterocycles. The van der Waals surface area contributed by atoms with Crippen LogP contribution >= 0.6 is 0 Å². The first-order valence-electron chi connectivity index (χ1n) is 7.12. The van der Waals surface area contributed by atoms with Crippen LogP contribution in [0.5, 0.6) is 5.75 Å². The van der Waals surface area contributed by atoms with Gasteiger partial charge in [0.1, 0.15) is 5.75 Å². The van der Waals surface area contributed by atoms with Crippen LogP contribution in [0.25, 0.3) is 0 Å². The first kappa shape index (κ1) is 14.4. The lowest BCUT2D eigenvalue weighted by molar-refractivity contribution is 0.0682. The van der Waals surface area contributed by atoms with Crippen molar-refractivity contribution in [3.63, 3.8) is 0 Å². The fourth-order valence-corrected chi connectivity index (χ4v) is 2.86. The van der Waals surface area contributed by atoms with E-state index in [2.05, 4.69) is 31.9 Å². The van der Waals surface area contributed by atoms with Crippen molar-refractivity contribution >= 4 is 0 Å². The summed E-state index contributed by atoms with van der Waals surface area (Å²) in [6, 6.07) is 6.21. The smallest absolute Gasteiger partial charge is 0.119 e. The number of rotatable bonds is 5. The van der Waals surface area contributed by atoms with E-state index < -0.39 is 6.10 Å². The molecule has 3 nitrogen and oxygen atoms in total. The molecule has 0 aliphatic heterocycles. The summed E-state index contributed by atoms with van der Waals surface area (Å²) in [7, 11) is 3.78. The summed E-state index contributed by atoms with van der Waals surface area (Å²) in [6.45, 7) is 5.50. The summed E-state index contributed by atoms with van der Waals surface area (Å²) in [5.41, 5.74) is 2.27. The zero-order chi connectivity index (χ0) is 14.0. The largest absolute Gasteiger partial charge is 0.497 e.